The van der Waals surface area contributed by atoms with Gasteiger partial charge in [0.2, 0.25) is 0 Å². The Bertz CT molecular complexity index is 769. The molecule has 1 aliphatic rings. The fourth-order valence-electron chi connectivity index (χ4n) is 3.19. The number of nitrogens with one attached hydrogen (secondary N) is 1. The van der Waals surface area contributed by atoms with E-state index >= 15 is 0 Å². The maximum atomic E-state index is 12.4. The molecule has 0 spiro atoms. The zero-order valence-electron chi connectivity index (χ0n) is 16.2. The lowest BCUT2D eigenvalue weighted by atomic mass is 10.1. The van der Waals surface area contributed by atoms with Gasteiger partial charge in [-0.1, -0.05) is 23.8 Å². The molecule has 2 aromatic rings. The molecule has 3 rings (SSSR count). The molecule has 6 heteroatoms. The molecule has 1 N–H and O–H groups in total. The van der Waals surface area contributed by atoms with Crippen LogP contribution in [0.3, 0.4) is 0 Å². The van der Waals surface area contributed by atoms with Crippen LogP contribution in [-0.4, -0.2) is 56.2 Å². The van der Waals surface area contributed by atoms with E-state index in [1.165, 1.54) is 11.1 Å². The normalized spacial score (nSPS) is 14.7. The Morgan fingerprint density at radius 1 is 0.963 bits per heavy atom. The second-order valence-electron chi connectivity index (χ2n) is 6.75. The van der Waals surface area contributed by atoms with Crippen molar-refractivity contribution in [1.82, 2.24) is 9.80 Å². The minimum atomic E-state index is -0.0374. The highest BCUT2D eigenvalue weighted by Gasteiger charge is 2.21. The minimum absolute atomic E-state index is 0.0374. The van der Waals surface area contributed by atoms with Gasteiger partial charge in [-0.15, -0.1) is 0 Å². The molecule has 2 amide bonds. The van der Waals surface area contributed by atoms with Gasteiger partial charge in [0.15, 0.2) is 11.5 Å². The van der Waals surface area contributed by atoms with Gasteiger partial charge >= 0.3 is 6.03 Å². The van der Waals surface area contributed by atoms with Crippen LogP contribution >= 0.6 is 0 Å². The number of piperazine rings is 1. The minimum Gasteiger partial charge on any atom is -0.493 e. The fraction of sp³-hybridized carbons (Fsp3) is 0.381. The number of methoxy groups -OCH3 is 2. The number of nitrogens with zero attached hydrogens (tertiary/aromatic N) is 2. The summed E-state index contributed by atoms with van der Waals surface area (Å²) in [5, 5.41) is 2.97. The number of carbonyl (C=O) groups excluding carboxylic acids is 1. The lowest BCUT2D eigenvalue weighted by Crippen LogP contribution is -2.49. The monoisotopic (exact) mass is 369 g/mol. The first-order chi connectivity index (χ1) is 13.1. The third-order valence-corrected chi connectivity index (χ3v) is 4.82. The summed E-state index contributed by atoms with van der Waals surface area (Å²) >= 11 is 0. The van der Waals surface area contributed by atoms with Crippen LogP contribution in [0.4, 0.5) is 10.5 Å². The number of urea groups is 1. The molecule has 6 nitrogen and oxygen atoms in total. The zero-order chi connectivity index (χ0) is 19.2. The molecular formula is C21H27N3O3. The zero-order valence-corrected chi connectivity index (χ0v) is 16.2. The number of anilines is 1. The first-order valence-electron chi connectivity index (χ1n) is 9.15. The maximum Gasteiger partial charge on any atom is 0.321 e. The SMILES string of the molecule is COc1ccc(CN2CCN(C(=O)Nc3ccc(C)cc3)CC2)cc1OC. The molecule has 1 saturated heterocycles. The summed E-state index contributed by atoms with van der Waals surface area (Å²) in [6.07, 6.45) is 0. The van der Waals surface area contributed by atoms with E-state index in [1.54, 1.807) is 14.2 Å². The van der Waals surface area contributed by atoms with Gasteiger partial charge in [-0.2, -0.15) is 0 Å². The molecule has 0 saturated carbocycles. The largest absolute Gasteiger partial charge is 0.493 e. The number of carbonyl (C=O) groups is 1. The highest BCUT2D eigenvalue weighted by atomic mass is 16.5. The summed E-state index contributed by atoms with van der Waals surface area (Å²) in [7, 11) is 3.28. The van der Waals surface area contributed by atoms with Crippen LogP contribution in [0.15, 0.2) is 42.5 Å². The van der Waals surface area contributed by atoms with Crippen molar-refractivity contribution >= 4 is 11.7 Å². The summed E-state index contributed by atoms with van der Waals surface area (Å²) in [5.41, 5.74) is 3.18. The molecule has 144 valence electrons. The van der Waals surface area contributed by atoms with Crippen LogP contribution in [0.2, 0.25) is 0 Å². The number of rotatable bonds is 5. The molecule has 27 heavy (non-hydrogen) atoms. The number of ether oxygens (including phenoxy) is 2. The average Bonchev–Trinajstić information content (AvgIpc) is 2.70. The standard InChI is InChI=1S/C21H27N3O3/c1-16-4-7-18(8-5-16)22-21(25)24-12-10-23(11-13-24)15-17-6-9-19(26-2)20(14-17)27-3/h4-9,14H,10-13,15H2,1-3H3,(H,22,25). The fourth-order valence-corrected chi connectivity index (χ4v) is 3.19. The Morgan fingerprint density at radius 2 is 1.63 bits per heavy atom. The van der Waals surface area contributed by atoms with Gasteiger partial charge in [0, 0.05) is 38.4 Å². The lowest BCUT2D eigenvalue weighted by molar-refractivity contribution is 0.143. The highest BCUT2D eigenvalue weighted by Crippen LogP contribution is 2.28. The third kappa shape index (κ3) is 4.92. The molecule has 1 heterocycles. The number of hydrogen-bond donors (Lipinski definition) is 1. The average molecular weight is 369 g/mol. The summed E-state index contributed by atoms with van der Waals surface area (Å²) in [5.74, 6) is 1.48. The molecule has 0 bridgehead atoms. The molecule has 2 aromatic carbocycles. The van der Waals surface area contributed by atoms with Crippen molar-refractivity contribution in [3.8, 4) is 11.5 Å². The van der Waals surface area contributed by atoms with Crippen LogP contribution in [0, 0.1) is 6.92 Å². The van der Waals surface area contributed by atoms with Crippen molar-refractivity contribution in [2.24, 2.45) is 0 Å². The van der Waals surface area contributed by atoms with Crippen molar-refractivity contribution in [3.05, 3.63) is 53.6 Å². The molecule has 0 unspecified atom stereocenters. The van der Waals surface area contributed by atoms with Gasteiger partial charge in [0.05, 0.1) is 14.2 Å². The van der Waals surface area contributed by atoms with Gasteiger partial charge in [0.1, 0.15) is 0 Å². The van der Waals surface area contributed by atoms with Crippen molar-refractivity contribution < 1.29 is 14.3 Å². The Balaban J connectivity index is 1.51. The molecule has 1 aliphatic heterocycles. The van der Waals surface area contributed by atoms with Crippen molar-refractivity contribution in [1.29, 1.82) is 0 Å². The summed E-state index contributed by atoms with van der Waals surface area (Å²) in [6, 6.07) is 13.8. The van der Waals surface area contributed by atoms with Crippen molar-refractivity contribution in [2.45, 2.75) is 13.5 Å². The van der Waals surface area contributed by atoms with E-state index in [0.717, 1.165) is 36.8 Å². The number of benzene rings is 2. The number of amides is 2. The van der Waals surface area contributed by atoms with E-state index in [4.69, 9.17) is 9.47 Å². The summed E-state index contributed by atoms with van der Waals surface area (Å²) in [4.78, 5) is 16.6. The Morgan fingerprint density at radius 3 is 2.26 bits per heavy atom. The van der Waals surface area contributed by atoms with Gasteiger partial charge in [0.25, 0.3) is 0 Å². The predicted molar refractivity (Wildman–Crippen MR) is 107 cm³/mol. The van der Waals surface area contributed by atoms with Gasteiger partial charge in [-0.3, -0.25) is 4.90 Å². The van der Waals surface area contributed by atoms with Crippen LogP contribution in [0.5, 0.6) is 11.5 Å². The van der Waals surface area contributed by atoms with Crippen LogP contribution in [0.25, 0.3) is 0 Å². The second-order valence-corrected chi connectivity index (χ2v) is 6.75. The number of hydrogen-bond acceptors (Lipinski definition) is 4. The Hall–Kier alpha value is -2.73. The van der Waals surface area contributed by atoms with E-state index < -0.39 is 0 Å². The summed E-state index contributed by atoms with van der Waals surface area (Å²) < 4.78 is 10.7. The van der Waals surface area contributed by atoms with Crippen LogP contribution < -0.4 is 14.8 Å². The Labute approximate surface area is 160 Å². The van der Waals surface area contributed by atoms with Crippen LogP contribution in [0.1, 0.15) is 11.1 Å². The number of aryl methyl sites for hydroxylation is 1. The van der Waals surface area contributed by atoms with E-state index in [2.05, 4.69) is 16.3 Å². The van der Waals surface area contributed by atoms with Crippen molar-refractivity contribution in [2.75, 3.05) is 45.7 Å². The molecule has 0 aliphatic carbocycles. The van der Waals surface area contributed by atoms with Gasteiger partial charge < -0.3 is 19.7 Å². The van der Waals surface area contributed by atoms with E-state index in [9.17, 15) is 4.79 Å². The predicted octanol–water partition coefficient (Wildman–Crippen LogP) is 3.36. The molecule has 0 radical (unpaired) electrons. The second kappa shape index (κ2) is 8.77. The summed E-state index contributed by atoms with van der Waals surface area (Å²) in [6.45, 7) is 5.97. The quantitative estimate of drug-likeness (QED) is 0.878. The van der Waals surface area contributed by atoms with E-state index in [1.807, 2.05) is 48.2 Å². The van der Waals surface area contributed by atoms with Crippen molar-refractivity contribution in [3.63, 3.8) is 0 Å². The van der Waals surface area contributed by atoms with Gasteiger partial charge in [-0.05, 0) is 36.8 Å². The lowest BCUT2D eigenvalue weighted by Gasteiger charge is -2.34. The first-order valence-corrected chi connectivity index (χ1v) is 9.15. The molecule has 0 atom stereocenters. The highest BCUT2D eigenvalue weighted by molar-refractivity contribution is 5.89. The smallest absolute Gasteiger partial charge is 0.321 e. The van der Waals surface area contributed by atoms with Gasteiger partial charge in [-0.25, -0.2) is 4.79 Å². The maximum absolute atomic E-state index is 12.4. The van der Waals surface area contributed by atoms with Crippen LogP contribution in [-0.2, 0) is 6.54 Å². The molecular weight excluding hydrogens is 342 g/mol. The topological polar surface area (TPSA) is 54.0 Å². The third-order valence-electron chi connectivity index (χ3n) is 4.82. The Kier molecular flexibility index (Phi) is 6.19. The van der Waals surface area contributed by atoms with E-state index in [-0.39, 0.29) is 6.03 Å². The molecule has 1 fully saturated rings. The van der Waals surface area contributed by atoms with E-state index in [0.29, 0.717) is 13.1 Å². The molecule has 0 aromatic heterocycles. The first kappa shape index (κ1) is 19.0.